The number of pyridine rings is 2. The summed E-state index contributed by atoms with van der Waals surface area (Å²) in [5.74, 6) is 1.13. The lowest BCUT2D eigenvalue weighted by Gasteiger charge is -2.27. The van der Waals surface area contributed by atoms with Crippen LogP contribution in [0.5, 0.6) is 0 Å². The molecule has 5 N–H and O–H groups in total. The number of piperidine rings is 1. The molecule has 8 nitrogen and oxygen atoms in total. The molecule has 32 heavy (non-hydrogen) atoms. The van der Waals surface area contributed by atoms with Gasteiger partial charge in [0.05, 0.1) is 16.8 Å². The Bertz CT molecular complexity index is 1340. The van der Waals surface area contributed by atoms with Gasteiger partial charge in [-0.2, -0.15) is 0 Å². The summed E-state index contributed by atoms with van der Waals surface area (Å²) in [6.07, 6.45) is 5.40. The monoisotopic (exact) mass is 427 g/mol. The van der Waals surface area contributed by atoms with Crippen molar-refractivity contribution in [2.45, 2.75) is 25.7 Å². The van der Waals surface area contributed by atoms with Gasteiger partial charge in [0.25, 0.3) is 5.56 Å². The molecule has 1 aliphatic rings. The fraction of sp³-hybridized carbons (Fsp3) is 0.250. The van der Waals surface area contributed by atoms with Crippen molar-refractivity contribution in [2.24, 2.45) is 0 Å². The maximum atomic E-state index is 12.8. The maximum absolute atomic E-state index is 12.8. The largest absolute Gasteiger partial charge is 0.368 e. The second kappa shape index (κ2) is 8.39. The Labute approximate surface area is 185 Å². The number of aromatic nitrogens is 4. The van der Waals surface area contributed by atoms with E-state index in [0.29, 0.717) is 28.5 Å². The Morgan fingerprint density at radius 2 is 1.94 bits per heavy atom. The van der Waals surface area contributed by atoms with E-state index in [-0.39, 0.29) is 11.5 Å². The highest BCUT2D eigenvalue weighted by Gasteiger charge is 2.21. The predicted molar refractivity (Wildman–Crippen MR) is 127 cm³/mol. The fourth-order valence-electron chi connectivity index (χ4n) is 4.52. The molecular formula is C24H25N7O. The van der Waals surface area contributed by atoms with Crippen LogP contribution >= 0.6 is 0 Å². The summed E-state index contributed by atoms with van der Waals surface area (Å²) in [6.45, 7) is 4.15. The quantitative estimate of drug-likeness (QED) is 0.393. The van der Waals surface area contributed by atoms with Gasteiger partial charge in [0.2, 0.25) is 5.95 Å². The molecule has 0 aliphatic carbocycles. The summed E-state index contributed by atoms with van der Waals surface area (Å²) in [7, 11) is 0. The number of nitrogens with one attached hydrogen (secondary N) is 3. The first kappa shape index (κ1) is 20.1. The number of hydrogen-bond donors (Lipinski definition) is 4. The summed E-state index contributed by atoms with van der Waals surface area (Å²) in [4.78, 5) is 28.6. The van der Waals surface area contributed by atoms with Crippen molar-refractivity contribution in [3.63, 3.8) is 0 Å². The smallest absolute Gasteiger partial charge is 0.259 e. The lowest BCUT2D eigenvalue weighted by molar-refractivity contribution is 0.460. The number of anilines is 3. The van der Waals surface area contributed by atoms with Crippen LogP contribution in [0.2, 0.25) is 0 Å². The fourth-order valence-corrected chi connectivity index (χ4v) is 4.52. The SMILES string of the molecule is Cc1cccc(Nc2nc(-c3ccnc(N)n3)cc3cc[nH]c(=O)c23)c1C1CCNCC1. The summed E-state index contributed by atoms with van der Waals surface area (Å²) in [6, 6.07) is 11.7. The third-order valence-corrected chi connectivity index (χ3v) is 6.02. The molecule has 0 spiro atoms. The van der Waals surface area contributed by atoms with Crippen LogP contribution in [0.1, 0.15) is 29.9 Å². The molecule has 4 heterocycles. The second-order valence-corrected chi connectivity index (χ2v) is 8.11. The van der Waals surface area contributed by atoms with Crippen LogP contribution in [0.4, 0.5) is 17.5 Å². The number of nitrogen functional groups attached to an aromatic ring is 1. The topological polar surface area (TPSA) is 122 Å². The van der Waals surface area contributed by atoms with E-state index in [4.69, 9.17) is 10.7 Å². The molecular weight excluding hydrogens is 402 g/mol. The van der Waals surface area contributed by atoms with Gasteiger partial charge in [-0.05, 0) is 79.6 Å². The number of fused-ring (bicyclic) bond motifs is 1. The van der Waals surface area contributed by atoms with E-state index in [9.17, 15) is 4.79 Å². The molecule has 5 rings (SSSR count). The number of hydrogen-bond acceptors (Lipinski definition) is 7. The number of H-pyrrole nitrogens is 1. The van der Waals surface area contributed by atoms with E-state index in [1.807, 2.05) is 18.2 Å². The van der Waals surface area contributed by atoms with Crippen molar-refractivity contribution in [3.8, 4) is 11.4 Å². The minimum atomic E-state index is -0.192. The standard InChI is InChI=1S/C24H25N7O/c1-14-3-2-4-18(20(14)15-5-9-26-10-6-15)29-22-21-16(7-11-27-23(21)32)13-19(30-22)17-8-12-28-24(25)31-17/h2-4,7-8,11-13,15,26H,5-6,9-10H2,1H3,(H,27,32)(H,29,30)(H2,25,28,31). The van der Waals surface area contributed by atoms with Crippen LogP contribution in [-0.4, -0.2) is 33.0 Å². The van der Waals surface area contributed by atoms with E-state index in [2.05, 4.69) is 44.6 Å². The minimum absolute atomic E-state index is 0.177. The van der Waals surface area contributed by atoms with Crippen LogP contribution in [0.15, 0.2) is 53.6 Å². The lowest BCUT2D eigenvalue weighted by atomic mass is 9.86. The minimum Gasteiger partial charge on any atom is -0.368 e. The van der Waals surface area contributed by atoms with Gasteiger partial charge < -0.3 is 21.4 Å². The molecule has 0 atom stereocenters. The number of rotatable bonds is 4. The highest BCUT2D eigenvalue weighted by atomic mass is 16.1. The molecule has 1 aromatic carbocycles. The molecule has 1 aliphatic heterocycles. The van der Waals surface area contributed by atoms with Gasteiger partial charge in [-0.1, -0.05) is 12.1 Å². The van der Waals surface area contributed by atoms with E-state index in [1.54, 1.807) is 18.5 Å². The van der Waals surface area contributed by atoms with Crippen molar-refractivity contribution in [3.05, 3.63) is 70.3 Å². The van der Waals surface area contributed by atoms with Crippen molar-refractivity contribution >= 4 is 28.2 Å². The third kappa shape index (κ3) is 3.80. The van der Waals surface area contributed by atoms with Crippen molar-refractivity contribution < 1.29 is 0 Å². The average Bonchev–Trinajstić information content (AvgIpc) is 2.80. The van der Waals surface area contributed by atoms with E-state index in [1.165, 1.54) is 11.1 Å². The van der Waals surface area contributed by atoms with Gasteiger partial charge >= 0.3 is 0 Å². The van der Waals surface area contributed by atoms with Crippen LogP contribution in [-0.2, 0) is 0 Å². The Balaban J connectivity index is 1.66. The Morgan fingerprint density at radius 1 is 1.09 bits per heavy atom. The van der Waals surface area contributed by atoms with E-state index in [0.717, 1.165) is 37.0 Å². The number of benzene rings is 1. The molecule has 0 radical (unpaired) electrons. The summed E-state index contributed by atoms with van der Waals surface area (Å²) in [5, 5.41) is 8.21. The van der Waals surface area contributed by atoms with Crippen molar-refractivity contribution in [2.75, 3.05) is 24.1 Å². The summed E-state index contributed by atoms with van der Waals surface area (Å²) in [5.41, 5.74) is 10.3. The molecule has 0 amide bonds. The third-order valence-electron chi connectivity index (χ3n) is 6.02. The molecule has 3 aromatic heterocycles. The first-order valence-electron chi connectivity index (χ1n) is 10.8. The molecule has 0 saturated carbocycles. The molecule has 1 fully saturated rings. The number of nitrogens with zero attached hydrogens (tertiary/aromatic N) is 3. The number of nitrogens with two attached hydrogens (primary N) is 1. The predicted octanol–water partition coefficient (Wildman–Crippen LogP) is 3.48. The average molecular weight is 428 g/mol. The highest BCUT2D eigenvalue weighted by molar-refractivity contribution is 5.95. The highest BCUT2D eigenvalue weighted by Crippen LogP contribution is 2.36. The lowest BCUT2D eigenvalue weighted by Crippen LogP contribution is -2.27. The van der Waals surface area contributed by atoms with Crippen LogP contribution in [0, 0.1) is 6.92 Å². The Morgan fingerprint density at radius 3 is 2.75 bits per heavy atom. The zero-order valence-electron chi connectivity index (χ0n) is 17.9. The van der Waals surface area contributed by atoms with Crippen LogP contribution < -0.4 is 21.9 Å². The van der Waals surface area contributed by atoms with Crippen LogP contribution in [0.25, 0.3) is 22.2 Å². The Hall–Kier alpha value is -3.78. The van der Waals surface area contributed by atoms with Gasteiger partial charge in [-0.25, -0.2) is 15.0 Å². The van der Waals surface area contributed by atoms with Gasteiger partial charge in [-0.15, -0.1) is 0 Å². The van der Waals surface area contributed by atoms with Gasteiger partial charge in [0, 0.05) is 18.1 Å². The second-order valence-electron chi connectivity index (χ2n) is 8.11. The first-order chi connectivity index (χ1) is 15.6. The van der Waals surface area contributed by atoms with Gasteiger partial charge in [0.15, 0.2) is 0 Å². The maximum Gasteiger partial charge on any atom is 0.259 e. The summed E-state index contributed by atoms with van der Waals surface area (Å²) >= 11 is 0. The molecule has 4 aromatic rings. The van der Waals surface area contributed by atoms with Crippen molar-refractivity contribution in [1.82, 2.24) is 25.3 Å². The van der Waals surface area contributed by atoms with Gasteiger partial charge in [-0.3, -0.25) is 4.79 Å². The van der Waals surface area contributed by atoms with E-state index >= 15 is 0 Å². The molecule has 162 valence electrons. The van der Waals surface area contributed by atoms with Gasteiger partial charge in [0.1, 0.15) is 5.82 Å². The first-order valence-corrected chi connectivity index (χ1v) is 10.8. The molecule has 0 unspecified atom stereocenters. The number of aromatic amines is 1. The van der Waals surface area contributed by atoms with Crippen LogP contribution in [0.3, 0.4) is 0 Å². The molecule has 8 heteroatoms. The normalized spacial score (nSPS) is 14.5. The molecule has 0 bridgehead atoms. The van der Waals surface area contributed by atoms with Crippen molar-refractivity contribution in [1.29, 1.82) is 0 Å². The zero-order valence-corrected chi connectivity index (χ0v) is 17.9. The zero-order chi connectivity index (χ0) is 22.1. The Kier molecular flexibility index (Phi) is 5.28. The van der Waals surface area contributed by atoms with E-state index < -0.39 is 0 Å². The molecule has 1 saturated heterocycles. The summed E-state index contributed by atoms with van der Waals surface area (Å²) < 4.78 is 0. The number of aryl methyl sites for hydroxylation is 1.